The molecule has 0 saturated heterocycles. The van der Waals surface area contributed by atoms with Crippen LogP contribution in [0.3, 0.4) is 0 Å². The molecule has 1 aromatic heterocycles. The molecular formula is C10H13FN6. The second-order valence-electron chi connectivity index (χ2n) is 4.00. The van der Waals surface area contributed by atoms with Crippen molar-refractivity contribution in [3.05, 3.63) is 29.6 Å². The smallest absolute Gasteiger partial charge is 0.246 e. The van der Waals surface area contributed by atoms with Gasteiger partial charge in [-0.2, -0.15) is 0 Å². The van der Waals surface area contributed by atoms with Gasteiger partial charge in [-0.3, -0.25) is 0 Å². The van der Waals surface area contributed by atoms with Gasteiger partial charge in [-0.25, -0.2) is 19.4 Å². The molecule has 2 N–H and O–H groups in total. The van der Waals surface area contributed by atoms with Gasteiger partial charge < -0.3 is 10.7 Å². The van der Waals surface area contributed by atoms with Crippen molar-refractivity contribution >= 4 is 5.95 Å². The van der Waals surface area contributed by atoms with Crippen LogP contribution in [0, 0.1) is 5.82 Å². The normalized spacial score (nSPS) is 20.5. The van der Waals surface area contributed by atoms with E-state index in [0.717, 1.165) is 30.9 Å². The molecule has 2 aliphatic rings. The molecule has 0 aromatic carbocycles. The van der Waals surface area contributed by atoms with Gasteiger partial charge in [0, 0.05) is 26.6 Å². The Labute approximate surface area is 98.1 Å². The van der Waals surface area contributed by atoms with E-state index in [-0.39, 0.29) is 0 Å². The summed E-state index contributed by atoms with van der Waals surface area (Å²) in [6, 6.07) is 0. The minimum atomic E-state index is -0.428. The monoisotopic (exact) mass is 236 g/mol. The maximum atomic E-state index is 12.8. The number of hydrazine groups is 2. The fraction of sp³-hybridized carbons (Fsp3) is 0.400. The molecule has 0 amide bonds. The van der Waals surface area contributed by atoms with Crippen molar-refractivity contribution in [3.63, 3.8) is 0 Å². The van der Waals surface area contributed by atoms with Crippen LogP contribution in [0.1, 0.15) is 6.42 Å². The molecule has 0 aliphatic carbocycles. The average Bonchev–Trinajstić information content (AvgIpc) is 2.66. The minimum absolute atomic E-state index is 0.428. The largest absolute Gasteiger partial charge is 0.311 e. The first-order chi connectivity index (χ1) is 8.25. The molecular weight excluding hydrogens is 223 g/mol. The summed E-state index contributed by atoms with van der Waals surface area (Å²) in [4.78, 5) is 8.01. The Morgan fingerprint density at radius 2 is 2.12 bits per heavy atom. The standard InChI is InChI=1S/C10H13FN6/c1-16-15-8-6-12-3-2-9(8)17(16)10-13-4-7(11)5-14-10/h4-5,12,15H,2-3,6H2,1H3. The highest BCUT2D eigenvalue weighted by Gasteiger charge is 2.31. The molecule has 1 aromatic rings. The Morgan fingerprint density at radius 1 is 1.35 bits per heavy atom. The molecule has 3 heterocycles. The lowest BCUT2D eigenvalue weighted by atomic mass is 10.2. The van der Waals surface area contributed by atoms with Crippen molar-refractivity contribution < 1.29 is 4.39 Å². The van der Waals surface area contributed by atoms with Gasteiger partial charge >= 0.3 is 0 Å². The number of hydrogen-bond donors (Lipinski definition) is 2. The Bertz CT molecular complexity index is 456. The molecule has 2 aliphatic heterocycles. The molecule has 0 fully saturated rings. The van der Waals surface area contributed by atoms with E-state index < -0.39 is 5.82 Å². The maximum Gasteiger partial charge on any atom is 0.246 e. The molecule has 0 saturated carbocycles. The molecule has 0 bridgehead atoms. The SMILES string of the molecule is CN1NC2=C(CCNC2)N1c1ncc(F)cn1. The van der Waals surface area contributed by atoms with E-state index in [1.165, 1.54) is 12.4 Å². The highest BCUT2D eigenvalue weighted by Crippen LogP contribution is 2.26. The zero-order chi connectivity index (χ0) is 11.8. The van der Waals surface area contributed by atoms with Crippen LogP contribution in [0.5, 0.6) is 0 Å². The number of nitrogens with zero attached hydrogens (tertiary/aromatic N) is 4. The molecule has 0 spiro atoms. The van der Waals surface area contributed by atoms with Crippen molar-refractivity contribution in [2.75, 3.05) is 25.1 Å². The van der Waals surface area contributed by atoms with Crippen LogP contribution in [-0.4, -0.2) is 35.2 Å². The first kappa shape index (κ1) is 10.4. The van der Waals surface area contributed by atoms with Crippen LogP contribution < -0.4 is 15.8 Å². The predicted molar refractivity (Wildman–Crippen MR) is 59.9 cm³/mol. The number of hydrogen-bond acceptors (Lipinski definition) is 6. The lowest BCUT2D eigenvalue weighted by Gasteiger charge is -2.26. The van der Waals surface area contributed by atoms with E-state index in [0.29, 0.717) is 5.95 Å². The summed E-state index contributed by atoms with van der Waals surface area (Å²) in [6.45, 7) is 1.73. The van der Waals surface area contributed by atoms with Gasteiger partial charge in [0.05, 0.1) is 23.8 Å². The predicted octanol–water partition coefficient (Wildman–Crippen LogP) is -0.00800. The lowest BCUT2D eigenvalue weighted by molar-refractivity contribution is 0.284. The van der Waals surface area contributed by atoms with Gasteiger partial charge in [0.2, 0.25) is 5.95 Å². The van der Waals surface area contributed by atoms with Crippen molar-refractivity contribution in [1.82, 2.24) is 25.8 Å². The van der Waals surface area contributed by atoms with Crippen LogP contribution in [0.15, 0.2) is 23.8 Å². The second-order valence-corrected chi connectivity index (χ2v) is 4.00. The molecule has 0 radical (unpaired) electrons. The summed E-state index contributed by atoms with van der Waals surface area (Å²) in [6.07, 6.45) is 3.25. The first-order valence-corrected chi connectivity index (χ1v) is 5.46. The van der Waals surface area contributed by atoms with Gasteiger partial charge in [-0.1, -0.05) is 0 Å². The number of aromatic nitrogens is 2. The van der Waals surface area contributed by atoms with Crippen LogP contribution in [0.2, 0.25) is 0 Å². The summed E-state index contributed by atoms with van der Waals surface area (Å²) in [7, 11) is 1.88. The van der Waals surface area contributed by atoms with E-state index in [1.807, 2.05) is 17.2 Å². The van der Waals surface area contributed by atoms with Crippen molar-refractivity contribution in [2.24, 2.45) is 0 Å². The number of halogens is 1. The van der Waals surface area contributed by atoms with Gasteiger partial charge in [-0.05, 0) is 0 Å². The molecule has 17 heavy (non-hydrogen) atoms. The van der Waals surface area contributed by atoms with Gasteiger partial charge in [0.1, 0.15) is 0 Å². The Balaban J connectivity index is 1.96. The van der Waals surface area contributed by atoms with E-state index in [9.17, 15) is 4.39 Å². The summed E-state index contributed by atoms with van der Waals surface area (Å²) in [5.74, 6) is 0.0522. The Kier molecular flexibility index (Phi) is 2.41. The summed E-state index contributed by atoms with van der Waals surface area (Å²) in [5.41, 5.74) is 5.48. The first-order valence-electron chi connectivity index (χ1n) is 5.46. The van der Waals surface area contributed by atoms with E-state index in [2.05, 4.69) is 20.7 Å². The van der Waals surface area contributed by atoms with Gasteiger partial charge in [0.25, 0.3) is 0 Å². The van der Waals surface area contributed by atoms with Crippen LogP contribution in [0.4, 0.5) is 10.3 Å². The van der Waals surface area contributed by atoms with E-state index in [4.69, 9.17) is 0 Å². The second kappa shape index (κ2) is 3.94. The Hall–Kier alpha value is -1.73. The number of rotatable bonds is 1. The highest BCUT2D eigenvalue weighted by atomic mass is 19.1. The molecule has 0 atom stereocenters. The summed E-state index contributed by atoms with van der Waals surface area (Å²) >= 11 is 0. The molecule has 6 nitrogen and oxygen atoms in total. The van der Waals surface area contributed by atoms with Gasteiger partial charge in [0.15, 0.2) is 5.82 Å². The van der Waals surface area contributed by atoms with E-state index >= 15 is 0 Å². The fourth-order valence-electron chi connectivity index (χ4n) is 2.11. The van der Waals surface area contributed by atoms with E-state index in [1.54, 1.807) is 0 Å². The molecule has 0 unspecified atom stereocenters. The van der Waals surface area contributed by atoms with Crippen molar-refractivity contribution in [3.8, 4) is 0 Å². The third kappa shape index (κ3) is 1.73. The highest BCUT2D eigenvalue weighted by molar-refractivity contribution is 5.43. The lowest BCUT2D eigenvalue weighted by Crippen LogP contribution is -2.41. The van der Waals surface area contributed by atoms with Gasteiger partial charge in [-0.15, -0.1) is 5.12 Å². The zero-order valence-electron chi connectivity index (χ0n) is 9.44. The van der Waals surface area contributed by atoms with Crippen LogP contribution >= 0.6 is 0 Å². The molecule has 3 rings (SSSR count). The fourth-order valence-corrected chi connectivity index (χ4v) is 2.11. The third-order valence-electron chi connectivity index (χ3n) is 2.84. The zero-order valence-corrected chi connectivity index (χ0v) is 9.44. The molecule has 90 valence electrons. The molecule has 7 heteroatoms. The third-order valence-corrected chi connectivity index (χ3v) is 2.84. The minimum Gasteiger partial charge on any atom is -0.311 e. The van der Waals surface area contributed by atoms with Crippen molar-refractivity contribution in [2.45, 2.75) is 6.42 Å². The number of anilines is 1. The Morgan fingerprint density at radius 3 is 2.88 bits per heavy atom. The summed E-state index contributed by atoms with van der Waals surface area (Å²) < 4.78 is 12.8. The summed E-state index contributed by atoms with van der Waals surface area (Å²) in [5, 5.41) is 6.96. The topological polar surface area (TPSA) is 56.3 Å². The maximum absolute atomic E-state index is 12.8. The quantitative estimate of drug-likeness (QED) is 0.715. The van der Waals surface area contributed by atoms with Crippen LogP contribution in [0.25, 0.3) is 0 Å². The number of nitrogens with one attached hydrogen (secondary N) is 2. The van der Waals surface area contributed by atoms with Crippen molar-refractivity contribution in [1.29, 1.82) is 0 Å². The van der Waals surface area contributed by atoms with Crippen LogP contribution in [-0.2, 0) is 0 Å². The average molecular weight is 236 g/mol.